The van der Waals surface area contributed by atoms with E-state index in [4.69, 9.17) is 10.5 Å². The van der Waals surface area contributed by atoms with Crippen LogP contribution in [0.2, 0.25) is 0 Å². The Balaban J connectivity index is 1.79. The molecule has 0 fully saturated rings. The predicted octanol–water partition coefficient (Wildman–Crippen LogP) is 3.61. The summed E-state index contributed by atoms with van der Waals surface area (Å²) < 4.78 is 5.22. The second-order valence-corrected chi connectivity index (χ2v) is 6.54. The monoisotopic (exact) mass is 368 g/mol. The Labute approximate surface area is 161 Å². The van der Waals surface area contributed by atoms with Crippen LogP contribution in [0.15, 0.2) is 48.5 Å². The Morgan fingerprint density at radius 2 is 1.74 bits per heavy atom. The zero-order valence-electron chi connectivity index (χ0n) is 16.1. The summed E-state index contributed by atoms with van der Waals surface area (Å²) in [5, 5.41) is 0. The summed E-state index contributed by atoms with van der Waals surface area (Å²) in [6.45, 7) is 3.07. The average molecular weight is 368 g/mol. The van der Waals surface area contributed by atoms with Crippen LogP contribution in [0.25, 0.3) is 0 Å². The van der Waals surface area contributed by atoms with Gasteiger partial charge in [0, 0.05) is 38.0 Å². The van der Waals surface area contributed by atoms with Crippen molar-refractivity contribution >= 4 is 17.4 Å². The lowest BCUT2D eigenvalue weighted by atomic mass is 10.0. The first-order valence-corrected chi connectivity index (χ1v) is 9.28. The molecule has 2 aromatic rings. The third-order valence-corrected chi connectivity index (χ3v) is 4.53. The molecule has 2 N–H and O–H groups in total. The van der Waals surface area contributed by atoms with Crippen LogP contribution in [0.3, 0.4) is 0 Å². The van der Waals surface area contributed by atoms with E-state index in [0.29, 0.717) is 31.6 Å². The number of carbonyl (C=O) groups is 2. The van der Waals surface area contributed by atoms with Crippen LogP contribution in [0.1, 0.15) is 37.3 Å². The SMILES string of the molecule is CCN(Cc1cccc(OC)c1)C(=O)CCC(=O)CCc1ccc(N)cc1. The quantitative estimate of drug-likeness (QED) is 0.650. The smallest absolute Gasteiger partial charge is 0.223 e. The van der Waals surface area contributed by atoms with Gasteiger partial charge < -0.3 is 15.4 Å². The molecule has 0 bridgehead atoms. The zero-order chi connectivity index (χ0) is 19.6. The Hall–Kier alpha value is -2.82. The number of benzene rings is 2. The van der Waals surface area contributed by atoms with Gasteiger partial charge in [0.15, 0.2) is 0 Å². The molecular formula is C22H28N2O3. The second kappa shape index (κ2) is 10.4. The van der Waals surface area contributed by atoms with Crippen LogP contribution in [0.5, 0.6) is 5.75 Å². The molecule has 144 valence electrons. The molecule has 0 aliphatic rings. The lowest BCUT2D eigenvalue weighted by Crippen LogP contribution is -2.30. The molecule has 2 aromatic carbocycles. The number of carbonyl (C=O) groups excluding carboxylic acids is 2. The molecule has 27 heavy (non-hydrogen) atoms. The highest BCUT2D eigenvalue weighted by Crippen LogP contribution is 2.15. The average Bonchev–Trinajstić information content (AvgIpc) is 2.69. The molecule has 0 aliphatic carbocycles. The van der Waals surface area contributed by atoms with E-state index in [-0.39, 0.29) is 24.5 Å². The summed E-state index contributed by atoms with van der Waals surface area (Å²) >= 11 is 0. The molecule has 2 rings (SSSR count). The number of methoxy groups -OCH3 is 1. The summed E-state index contributed by atoms with van der Waals surface area (Å²) in [5.41, 5.74) is 8.47. The third-order valence-electron chi connectivity index (χ3n) is 4.53. The second-order valence-electron chi connectivity index (χ2n) is 6.54. The van der Waals surface area contributed by atoms with Crippen molar-refractivity contribution in [3.63, 3.8) is 0 Å². The minimum absolute atomic E-state index is 0.00107. The molecule has 0 unspecified atom stereocenters. The number of rotatable bonds is 10. The van der Waals surface area contributed by atoms with Gasteiger partial charge in [-0.3, -0.25) is 9.59 Å². The standard InChI is InChI=1S/C22H28N2O3/c1-3-24(16-18-5-4-6-21(15-18)27-2)22(26)14-13-20(25)12-9-17-7-10-19(23)11-8-17/h4-8,10-11,15H,3,9,12-14,16,23H2,1-2H3. The number of nitrogen functional groups attached to an aromatic ring is 1. The molecule has 0 atom stereocenters. The number of hydrogen-bond donors (Lipinski definition) is 1. The minimum atomic E-state index is 0.00107. The van der Waals surface area contributed by atoms with E-state index in [1.54, 1.807) is 12.0 Å². The first-order chi connectivity index (χ1) is 13.0. The molecule has 0 aromatic heterocycles. The first-order valence-electron chi connectivity index (χ1n) is 9.28. The largest absolute Gasteiger partial charge is 0.497 e. The van der Waals surface area contributed by atoms with Crippen LogP contribution in [0.4, 0.5) is 5.69 Å². The first kappa shape index (κ1) is 20.5. The maximum Gasteiger partial charge on any atom is 0.223 e. The van der Waals surface area contributed by atoms with Gasteiger partial charge in [-0.1, -0.05) is 24.3 Å². The Morgan fingerprint density at radius 1 is 1.00 bits per heavy atom. The molecular weight excluding hydrogens is 340 g/mol. The number of ether oxygens (including phenoxy) is 1. The number of Topliss-reactive ketones (excluding diaryl/α,β-unsaturated/α-hetero) is 1. The van der Waals surface area contributed by atoms with E-state index in [0.717, 1.165) is 16.9 Å². The van der Waals surface area contributed by atoms with Crippen molar-refractivity contribution in [1.82, 2.24) is 4.90 Å². The summed E-state index contributed by atoms with van der Waals surface area (Å²) in [7, 11) is 1.62. The Bertz CT molecular complexity index is 756. The number of amides is 1. The number of aryl methyl sites for hydroxylation is 1. The fourth-order valence-corrected chi connectivity index (χ4v) is 2.87. The van der Waals surface area contributed by atoms with E-state index >= 15 is 0 Å². The van der Waals surface area contributed by atoms with Crippen molar-refractivity contribution in [2.75, 3.05) is 19.4 Å². The zero-order valence-corrected chi connectivity index (χ0v) is 16.1. The molecule has 0 saturated carbocycles. The highest BCUT2D eigenvalue weighted by Gasteiger charge is 2.14. The molecule has 0 aliphatic heterocycles. The van der Waals surface area contributed by atoms with Crippen molar-refractivity contribution in [3.8, 4) is 5.75 Å². The van der Waals surface area contributed by atoms with Crippen molar-refractivity contribution in [2.24, 2.45) is 0 Å². The van der Waals surface area contributed by atoms with Gasteiger partial charge in [0.05, 0.1) is 7.11 Å². The summed E-state index contributed by atoms with van der Waals surface area (Å²) in [5.74, 6) is 0.882. The molecule has 5 heteroatoms. The summed E-state index contributed by atoms with van der Waals surface area (Å²) in [6.07, 6.45) is 1.65. The lowest BCUT2D eigenvalue weighted by Gasteiger charge is -2.21. The van der Waals surface area contributed by atoms with Crippen LogP contribution in [-0.4, -0.2) is 30.2 Å². The minimum Gasteiger partial charge on any atom is -0.497 e. The summed E-state index contributed by atoms with van der Waals surface area (Å²) in [6, 6.07) is 15.2. The van der Waals surface area contributed by atoms with Crippen LogP contribution < -0.4 is 10.5 Å². The summed E-state index contributed by atoms with van der Waals surface area (Å²) in [4.78, 5) is 26.4. The molecule has 0 radical (unpaired) electrons. The highest BCUT2D eigenvalue weighted by atomic mass is 16.5. The molecule has 0 heterocycles. The van der Waals surface area contributed by atoms with Crippen LogP contribution >= 0.6 is 0 Å². The number of anilines is 1. The number of nitrogens with zero attached hydrogens (tertiary/aromatic N) is 1. The Morgan fingerprint density at radius 3 is 2.41 bits per heavy atom. The van der Waals surface area contributed by atoms with E-state index in [1.807, 2.05) is 55.5 Å². The highest BCUT2D eigenvalue weighted by molar-refractivity contribution is 5.85. The fraction of sp³-hybridized carbons (Fsp3) is 0.364. The molecule has 5 nitrogen and oxygen atoms in total. The maximum absolute atomic E-state index is 12.5. The van der Waals surface area contributed by atoms with Crippen molar-refractivity contribution in [2.45, 2.75) is 39.2 Å². The van der Waals surface area contributed by atoms with Gasteiger partial charge in [-0.25, -0.2) is 0 Å². The van der Waals surface area contributed by atoms with E-state index in [1.165, 1.54) is 0 Å². The van der Waals surface area contributed by atoms with Gasteiger partial charge in [0.2, 0.25) is 5.91 Å². The lowest BCUT2D eigenvalue weighted by molar-refractivity contribution is -0.133. The van der Waals surface area contributed by atoms with Crippen molar-refractivity contribution in [1.29, 1.82) is 0 Å². The van der Waals surface area contributed by atoms with Gasteiger partial charge in [-0.15, -0.1) is 0 Å². The van der Waals surface area contributed by atoms with Gasteiger partial charge in [-0.2, -0.15) is 0 Å². The number of hydrogen-bond acceptors (Lipinski definition) is 4. The normalized spacial score (nSPS) is 10.4. The van der Waals surface area contributed by atoms with E-state index in [2.05, 4.69) is 0 Å². The molecule has 0 spiro atoms. The van der Waals surface area contributed by atoms with E-state index < -0.39 is 0 Å². The predicted molar refractivity (Wildman–Crippen MR) is 108 cm³/mol. The third kappa shape index (κ3) is 6.77. The van der Waals surface area contributed by atoms with Crippen molar-refractivity contribution in [3.05, 3.63) is 59.7 Å². The van der Waals surface area contributed by atoms with Gasteiger partial charge >= 0.3 is 0 Å². The number of ketones is 1. The Kier molecular flexibility index (Phi) is 7.86. The topological polar surface area (TPSA) is 72.6 Å². The maximum atomic E-state index is 12.5. The van der Waals surface area contributed by atoms with Crippen LogP contribution in [0, 0.1) is 0 Å². The molecule has 1 amide bonds. The van der Waals surface area contributed by atoms with E-state index in [9.17, 15) is 9.59 Å². The van der Waals surface area contributed by atoms with Gasteiger partial charge in [0.25, 0.3) is 0 Å². The van der Waals surface area contributed by atoms with Gasteiger partial charge in [0.1, 0.15) is 11.5 Å². The fourth-order valence-electron chi connectivity index (χ4n) is 2.87. The number of nitrogens with two attached hydrogens (primary N) is 1. The molecule has 0 saturated heterocycles. The van der Waals surface area contributed by atoms with Crippen molar-refractivity contribution < 1.29 is 14.3 Å². The van der Waals surface area contributed by atoms with Crippen LogP contribution in [-0.2, 0) is 22.6 Å². The van der Waals surface area contributed by atoms with Gasteiger partial charge in [-0.05, 0) is 48.7 Å².